The number of ether oxygens (including phenoxy) is 2. The Bertz CT molecular complexity index is 374. The Kier molecular flexibility index (Phi) is 5.16. The lowest BCUT2D eigenvalue weighted by atomic mass is 10.1. The van der Waals surface area contributed by atoms with Crippen LogP contribution in [0.5, 0.6) is 0 Å². The van der Waals surface area contributed by atoms with Gasteiger partial charge < -0.3 is 14.6 Å². The number of carbonyl (C=O) groups excluding carboxylic acids is 2. The fourth-order valence-corrected chi connectivity index (χ4v) is 1.22. The van der Waals surface area contributed by atoms with Crippen LogP contribution in [-0.2, 0) is 25.7 Å². The van der Waals surface area contributed by atoms with Gasteiger partial charge in [-0.25, -0.2) is 0 Å². The summed E-state index contributed by atoms with van der Waals surface area (Å²) >= 11 is 0. The van der Waals surface area contributed by atoms with Crippen molar-refractivity contribution in [2.75, 3.05) is 13.7 Å². The molecule has 0 aromatic heterocycles. The zero-order valence-corrected chi connectivity index (χ0v) is 9.46. The SMILES string of the molecule is COC(=O)[C@H](CO)C(=O)OCc1ccccc1. The quantitative estimate of drug-likeness (QED) is 0.597. The molecule has 0 saturated carbocycles. The molecule has 5 heteroatoms. The maximum Gasteiger partial charge on any atom is 0.323 e. The molecular formula is C12H14O5. The molecule has 5 nitrogen and oxygen atoms in total. The minimum absolute atomic E-state index is 0.0627. The van der Waals surface area contributed by atoms with Crippen LogP contribution in [0.2, 0.25) is 0 Å². The molecule has 0 unspecified atom stereocenters. The molecule has 17 heavy (non-hydrogen) atoms. The van der Waals surface area contributed by atoms with Gasteiger partial charge in [-0.15, -0.1) is 0 Å². The van der Waals surface area contributed by atoms with Crippen LogP contribution in [0.1, 0.15) is 5.56 Å². The summed E-state index contributed by atoms with van der Waals surface area (Å²) in [4.78, 5) is 22.6. The number of aliphatic hydroxyl groups is 1. The molecule has 0 saturated heterocycles. The summed E-state index contributed by atoms with van der Waals surface area (Å²) in [6, 6.07) is 9.05. The second-order valence-electron chi connectivity index (χ2n) is 3.35. The number of benzene rings is 1. The Morgan fingerprint density at radius 2 is 1.88 bits per heavy atom. The van der Waals surface area contributed by atoms with Gasteiger partial charge in [0, 0.05) is 0 Å². The average Bonchev–Trinajstić information content (AvgIpc) is 2.38. The van der Waals surface area contributed by atoms with Crippen molar-refractivity contribution in [2.45, 2.75) is 6.61 Å². The van der Waals surface area contributed by atoms with Gasteiger partial charge in [-0.3, -0.25) is 9.59 Å². The molecule has 0 spiro atoms. The molecule has 1 rings (SSSR count). The standard InChI is InChI=1S/C12H14O5/c1-16-11(14)10(7-13)12(15)17-8-9-5-3-2-4-6-9/h2-6,10,13H,7-8H2,1H3/t10-/m0/s1. The van der Waals surface area contributed by atoms with Crippen molar-refractivity contribution < 1.29 is 24.2 Å². The van der Waals surface area contributed by atoms with E-state index in [2.05, 4.69) is 4.74 Å². The van der Waals surface area contributed by atoms with E-state index in [-0.39, 0.29) is 6.61 Å². The Morgan fingerprint density at radius 3 is 2.41 bits per heavy atom. The number of carbonyl (C=O) groups is 2. The Hall–Kier alpha value is -1.88. The molecule has 0 fully saturated rings. The molecule has 92 valence electrons. The number of hydrogen-bond donors (Lipinski definition) is 1. The molecule has 0 radical (unpaired) electrons. The smallest absolute Gasteiger partial charge is 0.323 e. The van der Waals surface area contributed by atoms with E-state index in [1.54, 1.807) is 12.1 Å². The first-order chi connectivity index (χ1) is 8.19. The van der Waals surface area contributed by atoms with Crippen LogP contribution in [0.3, 0.4) is 0 Å². The second kappa shape index (κ2) is 6.65. The first-order valence-corrected chi connectivity index (χ1v) is 5.08. The van der Waals surface area contributed by atoms with E-state index in [0.717, 1.165) is 12.7 Å². The third-order valence-corrected chi connectivity index (χ3v) is 2.18. The summed E-state index contributed by atoms with van der Waals surface area (Å²) < 4.78 is 9.28. The summed E-state index contributed by atoms with van der Waals surface area (Å²) in [6.45, 7) is -0.562. The molecule has 1 aromatic rings. The third-order valence-electron chi connectivity index (χ3n) is 2.18. The highest BCUT2D eigenvalue weighted by molar-refractivity contribution is 5.94. The summed E-state index contributed by atoms with van der Waals surface area (Å²) in [7, 11) is 1.15. The summed E-state index contributed by atoms with van der Waals surface area (Å²) in [5, 5.41) is 8.89. The summed E-state index contributed by atoms with van der Waals surface area (Å²) in [5.74, 6) is -2.86. The highest BCUT2D eigenvalue weighted by Crippen LogP contribution is 2.06. The van der Waals surface area contributed by atoms with E-state index in [1.165, 1.54) is 0 Å². The zero-order valence-electron chi connectivity index (χ0n) is 9.46. The van der Waals surface area contributed by atoms with Crippen LogP contribution in [-0.4, -0.2) is 30.8 Å². The van der Waals surface area contributed by atoms with Crippen molar-refractivity contribution in [3.63, 3.8) is 0 Å². The molecule has 1 N–H and O–H groups in total. The second-order valence-corrected chi connectivity index (χ2v) is 3.35. The normalized spacial score (nSPS) is 11.6. The van der Waals surface area contributed by atoms with E-state index in [9.17, 15) is 9.59 Å². The Morgan fingerprint density at radius 1 is 1.24 bits per heavy atom. The molecule has 0 amide bonds. The van der Waals surface area contributed by atoms with Gasteiger partial charge >= 0.3 is 11.9 Å². The van der Waals surface area contributed by atoms with Gasteiger partial charge in [0.05, 0.1) is 13.7 Å². The van der Waals surface area contributed by atoms with E-state index in [0.29, 0.717) is 0 Å². The fraction of sp³-hybridized carbons (Fsp3) is 0.333. The van der Waals surface area contributed by atoms with Crippen LogP contribution < -0.4 is 0 Å². The lowest BCUT2D eigenvalue weighted by molar-refractivity contribution is -0.163. The number of rotatable bonds is 5. The number of hydrogen-bond acceptors (Lipinski definition) is 5. The lowest BCUT2D eigenvalue weighted by Gasteiger charge is -2.11. The number of methoxy groups -OCH3 is 1. The van der Waals surface area contributed by atoms with Crippen LogP contribution in [0.4, 0.5) is 0 Å². The number of aliphatic hydroxyl groups excluding tert-OH is 1. The topological polar surface area (TPSA) is 72.8 Å². The van der Waals surface area contributed by atoms with Gasteiger partial charge in [0.25, 0.3) is 0 Å². The molecule has 0 aliphatic rings. The Balaban J connectivity index is 2.51. The number of esters is 2. The lowest BCUT2D eigenvalue weighted by Crippen LogP contribution is -2.30. The summed E-state index contributed by atoms with van der Waals surface area (Å²) in [5.41, 5.74) is 0.808. The molecule has 0 aliphatic heterocycles. The van der Waals surface area contributed by atoms with Gasteiger partial charge in [-0.1, -0.05) is 30.3 Å². The molecule has 1 atom stereocenters. The first-order valence-electron chi connectivity index (χ1n) is 5.08. The first kappa shape index (κ1) is 13.2. The average molecular weight is 238 g/mol. The minimum Gasteiger partial charge on any atom is -0.468 e. The van der Waals surface area contributed by atoms with Crippen LogP contribution in [0, 0.1) is 5.92 Å². The van der Waals surface area contributed by atoms with E-state index in [4.69, 9.17) is 9.84 Å². The van der Waals surface area contributed by atoms with Crippen molar-refractivity contribution in [1.82, 2.24) is 0 Å². The molecule has 0 aliphatic carbocycles. The fourth-order valence-electron chi connectivity index (χ4n) is 1.22. The maximum atomic E-state index is 11.5. The van der Waals surface area contributed by atoms with Crippen molar-refractivity contribution in [3.8, 4) is 0 Å². The van der Waals surface area contributed by atoms with E-state index < -0.39 is 24.5 Å². The highest BCUT2D eigenvalue weighted by Gasteiger charge is 2.28. The van der Waals surface area contributed by atoms with Crippen LogP contribution in [0.25, 0.3) is 0 Å². The maximum absolute atomic E-state index is 11.5. The monoisotopic (exact) mass is 238 g/mol. The molecule has 1 aromatic carbocycles. The van der Waals surface area contributed by atoms with Gasteiger partial charge in [0.1, 0.15) is 6.61 Å². The predicted molar refractivity (Wildman–Crippen MR) is 58.8 cm³/mol. The van der Waals surface area contributed by atoms with Crippen molar-refractivity contribution in [2.24, 2.45) is 5.92 Å². The minimum atomic E-state index is -1.27. The van der Waals surface area contributed by atoms with Crippen molar-refractivity contribution in [3.05, 3.63) is 35.9 Å². The van der Waals surface area contributed by atoms with Gasteiger partial charge in [-0.05, 0) is 5.56 Å². The van der Waals surface area contributed by atoms with Crippen LogP contribution in [0.15, 0.2) is 30.3 Å². The Labute approximate surface area is 99.0 Å². The molecule has 0 heterocycles. The van der Waals surface area contributed by atoms with Crippen LogP contribution >= 0.6 is 0 Å². The van der Waals surface area contributed by atoms with E-state index >= 15 is 0 Å². The van der Waals surface area contributed by atoms with Gasteiger partial charge in [0.15, 0.2) is 5.92 Å². The van der Waals surface area contributed by atoms with Crippen molar-refractivity contribution >= 4 is 11.9 Å². The zero-order chi connectivity index (χ0) is 12.7. The molecular weight excluding hydrogens is 224 g/mol. The highest BCUT2D eigenvalue weighted by atomic mass is 16.5. The third kappa shape index (κ3) is 3.88. The molecule has 0 bridgehead atoms. The van der Waals surface area contributed by atoms with Crippen molar-refractivity contribution in [1.29, 1.82) is 0 Å². The predicted octanol–water partition coefficient (Wildman–Crippen LogP) is 0.511. The van der Waals surface area contributed by atoms with E-state index in [1.807, 2.05) is 18.2 Å². The summed E-state index contributed by atoms with van der Waals surface area (Å²) in [6.07, 6.45) is 0. The van der Waals surface area contributed by atoms with Gasteiger partial charge in [0.2, 0.25) is 0 Å². The van der Waals surface area contributed by atoms with Gasteiger partial charge in [-0.2, -0.15) is 0 Å². The largest absolute Gasteiger partial charge is 0.468 e.